The van der Waals surface area contributed by atoms with Crippen molar-refractivity contribution >= 4 is 11.8 Å². The lowest BCUT2D eigenvalue weighted by Gasteiger charge is -2.13. The summed E-state index contributed by atoms with van der Waals surface area (Å²) in [7, 11) is 0. The Hall–Kier alpha value is -3.85. The van der Waals surface area contributed by atoms with Crippen LogP contribution in [0.3, 0.4) is 0 Å². The van der Waals surface area contributed by atoms with Crippen LogP contribution >= 0.6 is 0 Å². The van der Waals surface area contributed by atoms with Crippen LogP contribution in [0.15, 0.2) is 40.9 Å². The van der Waals surface area contributed by atoms with Crippen molar-refractivity contribution in [3.8, 4) is 33.9 Å². The third kappa shape index (κ3) is 6.42. The highest BCUT2D eigenvalue weighted by Gasteiger charge is 2.27. The molecule has 0 fully saturated rings. The Morgan fingerprint density at radius 2 is 1.81 bits per heavy atom. The van der Waals surface area contributed by atoms with Crippen LogP contribution in [-0.2, 0) is 11.3 Å². The van der Waals surface area contributed by atoms with Crippen LogP contribution in [0.5, 0.6) is 11.5 Å². The van der Waals surface area contributed by atoms with E-state index in [0.29, 0.717) is 41.8 Å². The first kappa shape index (κ1) is 26.7. The van der Waals surface area contributed by atoms with Gasteiger partial charge < -0.3 is 31.1 Å². The maximum atomic E-state index is 12.8. The normalized spacial score (nSPS) is 11.1. The third-order valence-corrected chi connectivity index (χ3v) is 5.85. The second-order valence-corrected chi connectivity index (χ2v) is 8.97. The van der Waals surface area contributed by atoms with E-state index in [1.54, 1.807) is 6.07 Å². The number of primary amides is 1. The topological polar surface area (TPSA) is 151 Å². The number of hydrogen-bond acceptors (Lipinski definition) is 7. The molecule has 3 aromatic rings. The van der Waals surface area contributed by atoms with Gasteiger partial charge in [-0.2, -0.15) is 0 Å². The van der Waals surface area contributed by atoms with Crippen molar-refractivity contribution in [1.29, 1.82) is 0 Å². The smallest absolute Gasteiger partial charge is 0.274 e. The molecule has 2 amide bonds. The minimum Gasteiger partial charge on any atom is -0.508 e. The maximum Gasteiger partial charge on any atom is 0.274 e. The van der Waals surface area contributed by atoms with Gasteiger partial charge in [0.2, 0.25) is 5.91 Å². The summed E-state index contributed by atoms with van der Waals surface area (Å²) >= 11 is 0. The molecule has 0 atom stereocenters. The van der Waals surface area contributed by atoms with E-state index in [0.717, 1.165) is 24.9 Å². The highest BCUT2D eigenvalue weighted by Crippen LogP contribution is 2.43. The summed E-state index contributed by atoms with van der Waals surface area (Å²) in [5.74, 6) is -0.605. The number of amides is 2. The van der Waals surface area contributed by atoms with E-state index in [2.05, 4.69) is 15.8 Å². The Morgan fingerprint density at radius 1 is 1.08 bits per heavy atom. The Morgan fingerprint density at radius 3 is 2.44 bits per heavy atom. The van der Waals surface area contributed by atoms with Crippen LogP contribution in [0.25, 0.3) is 22.5 Å². The first-order valence-electron chi connectivity index (χ1n) is 12.1. The molecule has 0 aliphatic heterocycles. The van der Waals surface area contributed by atoms with Crippen LogP contribution < -0.4 is 16.4 Å². The van der Waals surface area contributed by atoms with Gasteiger partial charge in [0.1, 0.15) is 11.5 Å². The molecule has 1 aromatic heterocycles. The fourth-order valence-electron chi connectivity index (χ4n) is 3.95. The van der Waals surface area contributed by atoms with Crippen LogP contribution in [0.2, 0.25) is 0 Å². The molecule has 0 aliphatic rings. The number of aromatic nitrogens is 1. The van der Waals surface area contributed by atoms with Crippen molar-refractivity contribution in [1.82, 2.24) is 15.8 Å². The van der Waals surface area contributed by atoms with Gasteiger partial charge in [-0.3, -0.25) is 9.59 Å². The van der Waals surface area contributed by atoms with Gasteiger partial charge in [-0.1, -0.05) is 43.3 Å². The Balaban J connectivity index is 1.91. The van der Waals surface area contributed by atoms with Crippen LogP contribution in [0.4, 0.5) is 0 Å². The predicted molar refractivity (Wildman–Crippen MR) is 138 cm³/mol. The number of carbonyl (C=O) groups excluding carboxylic acids is 2. The molecule has 2 aromatic carbocycles. The number of carbonyl (C=O) groups is 2. The summed E-state index contributed by atoms with van der Waals surface area (Å²) < 4.78 is 5.61. The van der Waals surface area contributed by atoms with Gasteiger partial charge in [0.25, 0.3) is 5.91 Å². The number of rotatable bonds is 12. The molecule has 0 unspecified atom stereocenters. The lowest BCUT2D eigenvalue weighted by Crippen LogP contribution is -2.23. The second kappa shape index (κ2) is 12.2. The fraction of sp³-hybridized carbons (Fsp3) is 0.370. The van der Waals surface area contributed by atoms with Gasteiger partial charge >= 0.3 is 0 Å². The van der Waals surface area contributed by atoms with Gasteiger partial charge in [0.05, 0.1) is 11.1 Å². The standard InChI is InChI=1S/C27H34N4O5/c1-4-30-27(35)25-24(18-10-8-17(9-11-18)15-29-12-6-5-7-23(28)34)26(36-31-25)20-13-19(16(2)3)21(32)14-22(20)33/h8-11,13-14,16,29,32-33H,4-7,12,15H2,1-3H3,(H2,28,34)(H,30,35). The Labute approximate surface area is 210 Å². The molecule has 0 aliphatic carbocycles. The van der Waals surface area contributed by atoms with Gasteiger partial charge in [0.15, 0.2) is 11.5 Å². The van der Waals surface area contributed by atoms with Crippen molar-refractivity contribution in [2.45, 2.75) is 52.5 Å². The summed E-state index contributed by atoms with van der Waals surface area (Å²) in [6, 6.07) is 10.6. The number of hydrogen-bond donors (Lipinski definition) is 5. The third-order valence-electron chi connectivity index (χ3n) is 5.85. The second-order valence-electron chi connectivity index (χ2n) is 8.97. The van der Waals surface area contributed by atoms with Crippen LogP contribution in [-0.4, -0.2) is 40.3 Å². The zero-order valence-electron chi connectivity index (χ0n) is 20.9. The molecule has 0 spiro atoms. The first-order valence-corrected chi connectivity index (χ1v) is 12.1. The van der Waals surface area contributed by atoms with Crippen molar-refractivity contribution in [3.63, 3.8) is 0 Å². The van der Waals surface area contributed by atoms with E-state index in [9.17, 15) is 19.8 Å². The van der Waals surface area contributed by atoms with Crippen molar-refractivity contribution < 1.29 is 24.3 Å². The van der Waals surface area contributed by atoms with Gasteiger partial charge in [-0.05, 0) is 55.0 Å². The molecule has 0 saturated heterocycles. The van der Waals surface area contributed by atoms with Crippen molar-refractivity contribution in [2.75, 3.05) is 13.1 Å². The van der Waals surface area contributed by atoms with Crippen LogP contribution in [0, 0.1) is 0 Å². The number of nitrogens with zero attached hydrogens (tertiary/aromatic N) is 1. The average Bonchev–Trinajstić information content (AvgIpc) is 3.26. The summed E-state index contributed by atoms with van der Waals surface area (Å²) in [5, 5.41) is 31.0. The average molecular weight is 495 g/mol. The maximum absolute atomic E-state index is 12.8. The van der Waals surface area contributed by atoms with E-state index >= 15 is 0 Å². The number of unbranched alkanes of at least 4 members (excludes halogenated alkanes) is 1. The predicted octanol–water partition coefficient (Wildman–Crippen LogP) is 4.04. The number of nitrogens with one attached hydrogen (secondary N) is 2. The molecule has 6 N–H and O–H groups in total. The van der Waals surface area contributed by atoms with Crippen molar-refractivity contribution in [2.24, 2.45) is 5.73 Å². The molecule has 0 bridgehead atoms. The summed E-state index contributed by atoms with van der Waals surface area (Å²) in [4.78, 5) is 23.6. The molecular weight excluding hydrogens is 460 g/mol. The fourth-order valence-corrected chi connectivity index (χ4v) is 3.95. The molecule has 9 nitrogen and oxygen atoms in total. The SMILES string of the molecule is CCNC(=O)c1noc(-c2cc(C(C)C)c(O)cc2O)c1-c1ccc(CNCCCCC(N)=O)cc1. The van der Waals surface area contributed by atoms with Gasteiger partial charge in [-0.25, -0.2) is 0 Å². The number of phenols is 2. The summed E-state index contributed by atoms with van der Waals surface area (Å²) in [5.41, 5.74) is 8.47. The molecule has 0 radical (unpaired) electrons. The van der Waals surface area contributed by atoms with E-state index in [1.807, 2.05) is 45.0 Å². The zero-order chi connectivity index (χ0) is 26.2. The summed E-state index contributed by atoms with van der Waals surface area (Å²) in [6.45, 7) is 7.52. The van der Waals surface area contributed by atoms with E-state index in [-0.39, 0.29) is 40.7 Å². The quantitative estimate of drug-likeness (QED) is 0.238. The number of nitrogens with two attached hydrogens (primary N) is 1. The Bertz CT molecular complexity index is 1200. The number of phenolic OH excluding ortho intramolecular Hbond substituents is 2. The van der Waals surface area contributed by atoms with Crippen LogP contribution in [0.1, 0.15) is 67.6 Å². The highest BCUT2D eigenvalue weighted by molar-refractivity contribution is 6.02. The Kier molecular flexibility index (Phi) is 9.08. The van der Waals surface area contributed by atoms with Gasteiger partial charge in [-0.15, -0.1) is 0 Å². The molecule has 0 saturated carbocycles. The molecule has 1 heterocycles. The first-order chi connectivity index (χ1) is 17.2. The van der Waals surface area contributed by atoms with E-state index in [4.69, 9.17) is 10.3 Å². The molecule has 3 rings (SSSR count). The largest absolute Gasteiger partial charge is 0.508 e. The number of aromatic hydroxyl groups is 2. The molecule has 192 valence electrons. The lowest BCUT2D eigenvalue weighted by molar-refractivity contribution is -0.118. The minimum atomic E-state index is -0.383. The van der Waals surface area contributed by atoms with E-state index in [1.165, 1.54) is 6.07 Å². The van der Waals surface area contributed by atoms with Gasteiger partial charge in [0, 0.05) is 25.6 Å². The minimum absolute atomic E-state index is 0.00107. The lowest BCUT2D eigenvalue weighted by atomic mass is 9.94. The number of benzene rings is 2. The van der Waals surface area contributed by atoms with Crippen molar-refractivity contribution in [3.05, 3.63) is 53.2 Å². The highest BCUT2D eigenvalue weighted by atomic mass is 16.5. The summed E-state index contributed by atoms with van der Waals surface area (Å²) in [6.07, 6.45) is 2.00. The molecular formula is C27H34N4O5. The molecule has 36 heavy (non-hydrogen) atoms. The van der Waals surface area contributed by atoms with E-state index < -0.39 is 0 Å². The monoisotopic (exact) mass is 494 g/mol. The zero-order valence-corrected chi connectivity index (χ0v) is 20.9. The molecule has 9 heteroatoms.